The Bertz CT molecular complexity index is 553. The number of rotatable bonds is 1. The van der Waals surface area contributed by atoms with Gasteiger partial charge in [0, 0.05) is 6.54 Å². The topological polar surface area (TPSA) is 49.4 Å². The van der Waals surface area contributed by atoms with Crippen molar-refractivity contribution in [2.75, 3.05) is 13.1 Å². The second kappa shape index (κ2) is 4.46. The van der Waals surface area contributed by atoms with Gasteiger partial charge >= 0.3 is 0 Å². The fourth-order valence-corrected chi connectivity index (χ4v) is 3.03. The zero-order valence-corrected chi connectivity index (χ0v) is 11.3. The van der Waals surface area contributed by atoms with Gasteiger partial charge in [0.05, 0.1) is 17.2 Å². The van der Waals surface area contributed by atoms with Gasteiger partial charge in [0.15, 0.2) is 0 Å². The molecule has 0 aliphatic carbocycles. The minimum atomic E-state index is -0.138. The molecule has 4 nitrogen and oxygen atoms in total. The smallest absolute Gasteiger partial charge is 0.261 e. The Morgan fingerprint density at radius 3 is 2.63 bits per heavy atom. The molecule has 0 saturated carbocycles. The third-order valence-electron chi connectivity index (χ3n) is 3.99. The predicted molar refractivity (Wildman–Crippen MR) is 72.1 cm³/mol. The maximum atomic E-state index is 12.4. The molecule has 2 heterocycles. The minimum Gasteiger partial charge on any atom is -0.314 e. The Labute approximate surface area is 112 Å². The van der Waals surface area contributed by atoms with Crippen molar-refractivity contribution in [2.45, 2.75) is 26.3 Å². The Balaban J connectivity index is 1.94. The van der Waals surface area contributed by atoms with Crippen LogP contribution in [-0.2, 0) is 0 Å². The summed E-state index contributed by atoms with van der Waals surface area (Å²) in [6.07, 6.45) is 0.886. The average Bonchev–Trinajstić information content (AvgIpc) is 2.61. The first kappa shape index (κ1) is 12.4. The van der Waals surface area contributed by atoms with Crippen molar-refractivity contribution in [3.63, 3.8) is 0 Å². The van der Waals surface area contributed by atoms with Gasteiger partial charge < -0.3 is 5.32 Å². The normalized spacial score (nSPS) is 26.7. The van der Waals surface area contributed by atoms with Gasteiger partial charge in [0.2, 0.25) is 0 Å². The van der Waals surface area contributed by atoms with E-state index >= 15 is 0 Å². The van der Waals surface area contributed by atoms with Gasteiger partial charge in [-0.05, 0) is 37.9 Å². The second-order valence-corrected chi connectivity index (χ2v) is 5.68. The number of fused-ring (bicyclic) bond motifs is 1. The summed E-state index contributed by atoms with van der Waals surface area (Å²) in [7, 11) is 0. The molecule has 0 aromatic heterocycles. The van der Waals surface area contributed by atoms with Gasteiger partial charge in [-0.1, -0.05) is 18.6 Å². The van der Waals surface area contributed by atoms with Crippen LogP contribution in [0.25, 0.3) is 0 Å². The molecule has 2 unspecified atom stereocenters. The van der Waals surface area contributed by atoms with Crippen LogP contribution in [0.3, 0.4) is 0 Å². The first-order valence-electron chi connectivity index (χ1n) is 6.77. The maximum Gasteiger partial charge on any atom is 0.261 e. The van der Waals surface area contributed by atoms with Crippen LogP contribution >= 0.6 is 0 Å². The van der Waals surface area contributed by atoms with Crippen LogP contribution in [0.15, 0.2) is 18.2 Å². The molecule has 2 atom stereocenters. The molecule has 0 bridgehead atoms. The summed E-state index contributed by atoms with van der Waals surface area (Å²) in [4.78, 5) is 26.3. The standard InChI is InChI=1S/C15H18N2O2/c1-9-3-4-12-13(6-9)15(19)17(14(12)18)11-5-10(2)7-16-8-11/h3-4,6,10-11,16H,5,7-8H2,1-2H3. The molecule has 1 fully saturated rings. The maximum absolute atomic E-state index is 12.4. The van der Waals surface area contributed by atoms with Crippen LogP contribution in [0, 0.1) is 12.8 Å². The SMILES string of the molecule is Cc1ccc2c(c1)C(=O)N(C1CNCC(C)C1)C2=O. The minimum absolute atomic E-state index is 0.0172. The van der Waals surface area contributed by atoms with Crippen LogP contribution in [0.1, 0.15) is 39.6 Å². The number of carbonyl (C=O) groups excluding carboxylic acids is 2. The highest BCUT2D eigenvalue weighted by atomic mass is 16.2. The monoisotopic (exact) mass is 258 g/mol. The number of nitrogens with zero attached hydrogens (tertiary/aromatic N) is 1. The first-order chi connectivity index (χ1) is 9.08. The molecule has 2 amide bonds. The fourth-order valence-electron chi connectivity index (χ4n) is 3.03. The molecular formula is C15H18N2O2. The summed E-state index contributed by atoms with van der Waals surface area (Å²) in [6, 6.07) is 5.45. The number of carbonyl (C=O) groups is 2. The van der Waals surface area contributed by atoms with E-state index in [0.717, 1.165) is 18.5 Å². The van der Waals surface area contributed by atoms with Crippen LogP contribution in [0.4, 0.5) is 0 Å². The Hall–Kier alpha value is -1.68. The largest absolute Gasteiger partial charge is 0.314 e. The van der Waals surface area contributed by atoms with E-state index in [1.54, 1.807) is 6.07 Å². The number of piperidine rings is 1. The Morgan fingerprint density at radius 1 is 1.16 bits per heavy atom. The van der Waals surface area contributed by atoms with Crippen molar-refractivity contribution in [3.05, 3.63) is 34.9 Å². The number of benzene rings is 1. The predicted octanol–water partition coefficient (Wildman–Crippen LogP) is 1.59. The lowest BCUT2D eigenvalue weighted by molar-refractivity contribution is 0.0542. The van der Waals surface area contributed by atoms with Crippen LogP contribution in [0.2, 0.25) is 0 Å². The highest BCUT2D eigenvalue weighted by molar-refractivity contribution is 6.21. The number of hydrogen-bond acceptors (Lipinski definition) is 3. The number of hydrogen-bond donors (Lipinski definition) is 1. The molecule has 1 saturated heterocycles. The van der Waals surface area contributed by atoms with Gasteiger partial charge in [-0.3, -0.25) is 14.5 Å². The van der Waals surface area contributed by atoms with Crippen molar-refractivity contribution >= 4 is 11.8 Å². The number of imide groups is 1. The summed E-state index contributed by atoms with van der Waals surface area (Å²) in [5, 5.41) is 3.29. The van der Waals surface area contributed by atoms with Crippen molar-refractivity contribution in [1.29, 1.82) is 0 Å². The molecule has 0 radical (unpaired) electrons. The zero-order valence-electron chi connectivity index (χ0n) is 11.3. The van der Waals surface area contributed by atoms with E-state index in [1.807, 2.05) is 19.1 Å². The third kappa shape index (κ3) is 1.96. The van der Waals surface area contributed by atoms with Gasteiger partial charge in [0.1, 0.15) is 0 Å². The molecule has 2 aliphatic rings. The van der Waals surface area contributed by atoms with E-state index < -0.39 is 0 Å². The highest BCUT2D eigenvalue weighted by Crippen LogP contribution is 2.28. The van der Waals surface area contributed by atoms with E-state index in [0.29, 0.717) is 23.6 Å². The molecule has 100 valence electrons. The van der Waals surface area contributed by atoms with E-state index in [4.69, 9.17) is 0 Å². The van der Waals surface area contributed by atoms with Gasteiger partial charge in [-0.25, -0.2) is 0 Å². The van der Waals surface area contributed by atoms with E-state index in [2.05, 4.69) is 12.2 Å². The molecule has 1 N–H and O–H groups in total. The quantitative estimate of drug-likeness (QED) is 0.778. The number of nitrogens with one attached hydrogen (secondary N) is 1. The molecule has 19 heavy (non-hydrogen) atoms. The van der Waals surface area contributed by atoms with E-state index in [-0.39, 0.29) is 17.9 Å². The Morgan fingerprint density at radius 2 is 1.89 bits per heavy atom. The van der Waals surface area contributed by atoms with Crippen molar-refractivity contribution in [1.82, 2.24) is 10.2 Å². The zero-order chi connectivity index (χ0) is 13.6. The lowest BCUT2D eigenvalue weighted by Gasteiger charge is -2.33. The summed E-state index contributed by atoms with van der Waals surface area (Å²) in [5.74, 6) is 0.218. The molecule has 1 aromatic carbocycles. The van der Waals surface area contributed by atoms with Crippen molar-refractivity contribution in [3.8, 4) is 0 Å². The van der Waals surface area contributed by atoms with Crippen molar-refractivity contribution < 1.29 is 9.59 Å². The van der Waals surface area contributed by atoms with E-state index in [9.17, 15) is 9.59 Å². The molecule has 3 rings (SSSR count). The second-order valence-electron chi connectivity index (χ2n) is 5.68. The molecule has 1 aromatic rings. The van der Waals surface area contributed by atoms with Crippen LogP contribution in [0.5, 0.6) is 0 Å². The summed E-state index contributed by atoms with van der Waals surface area (Å²) in [6.45, 7) is 5.74. The first-order valence-corrected chi connectivity index (χ1v) is 6.77. The summed E-state index contributed by atoms with van der Waals surface area (Å²) >= 11 is 0. The molecule has 0 spiro atoms. The fraction of sp³-hybridized carbons (Fsp3) is 0.467. The summed E-state index contributed by atoms with van der Waals surface area (Å²) < 4.78 is 0. The molecule has 2 aliphatic heterocycles. The molecule has 4 heteroatoms. The van der Waals surface area contributed by atoms with Crippen LogP contribution < -0.4 is 5.32 Å². The molecular weight excluding hydrogens is 240 g/mol. The van der Waals surface area contributed by atoms with E-state index in [1.165, 1.54) is 4.90 Å². The van der Waals surface area contributed by atoms with Crippen molar-refractivity contribution in [2.24, 2.45) is 5.92 Å². The third-order valence-corrected chi connectivity index (χ3v) is 3.99. The van der Waals surface area contributed by atoms with Gasteiger partial charge in [0.25, 0.3) is 11.8 Å². The average molecular weight is 258 g/mol. The number of amides is 2. The number of aryl methyl sites for hydroxylation is 1. The lowest BCUT2D eigenvalue weighted by atomic mass is 9.96. The van der Waals surface area contributed by atoms with Gasteiger partial charge in [-0.15, -0.1) is 0 Å². The lowest BCUT2D eigenvalue weighted by Crippen LogP contribution is -2.50. The Kier molecular flexibility index (Phi) is 2.90. The van der Waals surface area contributed by atoms with Gasteiger partial charge in [-0.2, -0.15) is 0 Å². The van der Waals surface area contributed by atoms with Crippen LogP contribution in [-0.4, -0.2) is 35.8 Å². The summed E-state index contributed by atoms with van der Waals surface area (Å²) in [5.41, 5.74) is 2.12. The highest BCUT2D eigenvalue weighted by Gasteiger charge is 2.40.